The van der Waals surface area contributed by atoms with Gasteiger partial charge in [-0.2, -0.15) is 0 Å². The van der Waals surface area contributed by atoms with Crippen LogP contribution in [0.2, 0.25) is 0 Å². The van der Waals surface area contributed by atoms with Gasteiger partial charge < -0.3 is 9.64 Å². The predicted molar refractivity (Wildman–Crippen MR) is 67.9 cm³/mol. The van der Waals surface area contributed by atoms with Crippen molar-refractivity contribution < 1.29 is 19.1 Å². The van der Waals surface area contributed by atoms with Crippen LogP contribution in [0.4, 0.5) is 0 Å². The van der Waals surface area contributed by atoms with Gasteiger partial charge in [0.05, 0.1) is 12.1 Å². The Balaban J connectivity index is 2.51. The summed E-state index contributed by atoms with van der Waals surface area (Å²) >= 11 is 0. The molecule has 0 radical (unpaired) electrons. The fraction of sp³-hybridized carbons (Fsp3) is 0.615. The molecule has 0 aliphatic carbocycles. The molecule has 104 valence electrons. The normalized spacial score (nSPS) is 16.6. The van der Waals surface area contributed by atoms with Gasteiger partial charge in [0.15, 0.2) is 0 Å². The molecule has 1 aliphatic heterocycles. The topological polar surface area (TPSA) is 76.0 Å². The molecule has 0 bridgehead atoms. The fourth-order valence-electron chi connectivity index (χ4n) is 1.77. The lowest BCUT2D eigenvalue weighted by Crippen LogP contribution is -2.26. The molecule has 0 aromatic rings. The molecule has 0 aromatic carbocycles. The summed E-state index contributed by atoms with van der Waals surface area (Å²) in [5, 5.41) is 0. The molecular formula is C13H18N2O4. The highest BCUT2D eigenvalue weighted by Crippen LogP contribution is 2.13. The first-order valence-electron chi connectivity index (χ1n) is 6.34. The standard InChI is InChI=1S/C13H18N2O4/c1-11(13(18)19-8-6-14-10-16)9-15-7-4-2-3-5-12(15)17/h9H,2-8H2,1H3. The molecule has 6 heteroatoms. The number of aliphatic imine (C=N–C) groups is 1. The SMILES string of the molecule is CC(=CN1CCCCCC1=O)C(=O)OCCN=C=O. The van der Waals surface area contributed by atoms with Gasteiger partial charge in [-0.3, -0.25) is 4.79 Å². The van der Waals surface area contributed by atoms with E-state index < -0.39 is 5.97 Å². The number of isocyanates is 1. The predicted octanol–water partition coefficient (Wildman–Crippen LogP) is 1.17. The van der Waals surface area contributed by atoms with E-state index in [1.165, 1.54) is 6.08 Å². The van der Waals surface area contributed by atoms with Gasteiger partial charge in [0, 0.05) is 19.2 Å². The van der Waals surface area contributed by atoms with Gasteiger partial charge in [-0.25, -0.2) is 14.6 Å². The van der Waals surface area contributed by atoms with Crippen LogP contribution in [0.15, 0.2) is 16.8 Å². The number of carbonyl (C=O) groups excluding carboxylic acids is 3. The highest BCUT2D eigenvalue weighted by molar-refractivity contribution is 5.88. The van der Waals surface area contributed by atoms with Crippen molar-refractivity contribution in [2.45, 2.75) is 32.6 Å². The van der Waals surface area contributed by atoms with Crippen LogP contribution in [-0.2, 0) is 19.1 Å². The van der Waals surface area contributed by atoms with E-state index in [4.69, 9.17) is 4.74 Å². The second-order valence-electron chi connectivity index (χ2n) is 4.32. The lowest BCUT2D eigenvalue weighted by molar-refractivity contribution is -0.138. The number of hydrogen-bond donors (Lipinski definition) is 0. The minimum Gasteiger partial charge on any atom is -0.460 e. The first-order valence-corrected chi connectivity index (χ1v) is 6.34. The Kier molecular flexibility index (Phi) is 6.53. The molecule has 0 spiro atoms. The van der Waals surface area contributed by atoms with Crippen LogP contribution in [0, 0.1) is 0 Å². The summed E-state index contributed by atoms with van der Waals surface area (Å²) in [6.07, 6.45) is 6.30. The minimum absolute atomic E-state index is 0.0349. The average Bonchev–Trinajstić information content (AvgIpc) is 2.60. The van der Waals surface area contributed by atoms with Gasteiger partial charge in [0.25, 0.3) is 0 Å². The lowest BCUT2D eigenvalue weighted by atomic mass is 10.2. The second kappa shape index (κ2) is 8.21. The summed E-state index contributed by atoms with van der Waals surface area (Å²) < 4.78 is 4.90. The highest BCUT2D eigenvalue weighted by atomic mass is 16.5. The Morgan fingerprint density at radius 3 is 3.00 bits per heavy atom. The van der Waals surface area contributed by atoms with Gasteiger partial charge in [0.2, 0.25) is 12.0 Å². The number of amides is 1. The Hall–Kier alpha value is -1.94. The van der Waals surface area contributed by atoms with Gasteiger partial charge >= 0.3 is 5.97 Å². The Morgan fingerprint density at radius 2 is 2.26 bits per heavy atom. The largest absolute Gasteiger partial charge is 0.460 e. The number of esters is 1. The Morgan fingerprint density at radius 1 is 1.47 bits per heavy atom. The van der Waals surface area contributed by atoms with Crippen LogP contribution in [0.3, 0.4) is 0 Å². The van der Waals surface area contributed by atoms with Crippen molar-refractivity contribution in [2.75, 3.05) is 19.7 Å². The van der Waals surface area contributed by atoms with Gasteiger partial charge in [-0.1, -0.05) is 6.42 Å². The molecule has 0 atom stereocenters. The van der Waals surface area contributed by atoms with Crippen molar-refractivity contribution in [3.05, 3.63) is 11.8 Å². The average molecular weight is 266 g/mol. The van der Waals surface area contributed by atoms with Crippen LogP contribution in [0.25, 0.3) is 0 Å². The van der Waals surface area contributed by atoms with Crippen LogP contribution >= 0.6 is 0 Å². The fourth-order valence-corrected chi connectivity index (χ4v) is 1.77. The number of likely N-dealkylation sites (tertiary alicyclic amines) is 1. The van der Waals surface area contributed by atoms with E-state index in [-0.39, 0.29) is 19.1 Å². The minimum atomic E-state index is -0.502. The second-order valence-corrected chi connectivity index (χ2v) is 4.32. The first-order chi connectivity index (χ1) is 9.15. The molecule has 1 amide bonds. The van der Waals surface area contributed by atoms with Crippen LogP contribution < -0.4 is 0 Å². The molecule has 0 saturated carbocycles. The zero-order chi connectivity index (χ0) is 14.1. The van der Waals surface area contributed by atoms with Gasteiger partial charge in [-0.15, -0.1) is 0 Å². The van der Waals surface area contributed by atoms with E-state index in [1.807, 2.05) is 0 Å². The molecule has 1 heterocycles. The van der Waals surface area contributed by atoms with Crippen molar-refractivity contribution in [2.24, 2.45) is 4.99 Å². The van der Waals surface area contributed by atoms with E-state index in [0.29, 0.717) is 18.5 Å². The number of rotatable bonds is 5. The summed E-state index contributed by atoms with van der Waals surface area (Å²) in [6, 6.07) is 0. The maximum atomic E-state index is 11.7. The van der Waals surface area contributed by atoms with Crippen LogP contribution in [-0.4, -0.2) is 42.6 Å². The molecule has 6 nitrogen and oxygen atoms in total. The molecule has 19 heavy (non-hydrogen) atoms. The summed E-state index contributed by atoms with van der Waals surface area (Å²) in [5.74, 6) is -0.464. The van der Waals surface area contributed by atoms with E-state index in [9.17, 15) is 14.4 Å². The number of carbonyl (C=O) groups is 2. The van der Waals surface area contributed by atoms with Gasteiger partial charge in [-0.05, 0) is 19.8 Å². The van der Waals surface area contributed by atoms with Crippen LogP contribution in [0.5, 0.6) is 0 Å². The molecule has 0 unspecified atom stereocenters. The third-order valence-electron chi connectivity index (χ3n) is 2.78. The smallest absolute Gasteiger partial charge is 0.335 e. The number of nitrogens with zero attached hydrogens (tertiary/aromatic N) is 2. The lowest BCUT2D eigenvalue weighted by Gasteiger charge is -2.16. The van der Waals surface area contributed by atoms with Crippen molar-refractivity contribution >= 4 is 18.0 Å². The summed E-state index contributed by atoms with van der Waals surface area (Å²) in [4.78, 5) is 38.0. The monoisotopic (exact) mass is 266 g/mol. The van der Waals surface area contributed by atoms with Crippen LogP contribution in [0.1, 0.15) is 32.6 Å². The maximum absolute atomic E-state index is 11.7. The molecule has 1 rings (SSSR count). The third-order valence-corrected chi connectivity index (χ3v) is 2.78. The summed E-state index contributed by atoms with van der Waals surface area (Å²) in [7, 11) is 0. The third kappa shape index (κ3) is 5.48. The Labute approximate surface area is 112 Å². The quantitative estimate of drug-likeness (QED) is 0.246. The molecule has 1 aliphatic rings. The molecule has 0 aromatic heterocycles. The summed E-state index contributed by atoms with van der Waals surface area (Å²) in [6.45, 7) is 2.38. The highest BCUT2D eigenvalue weighted by Gasteiger charge is 2.16. The van der Waals surface area contributed by atoms with E-state index in [1.54, 1.807) is 18.0 Å². The molecule has 1 saturated heterocycles. The molecular weight excluding hydrogens is 248 g/mol. The van der Waals surface area contributed by atoms with Crippen molar-refractivity contribution in [3.8, 4) is 0 Å². The van der Waals surface area contributed by atoms with Gasteiger partial charge in [0.1, 0.15) is 6.61 Å². The molecule has 0 N–H and O–H groups in total. The zero-order valence-corrected chi connectivity index (χ0v) is 11.1. The summed E-state index contributed by atoms with van der Waals surface area (Å²) in [5.41, 5.74) is 0.366. The van der Waals surface area contributed by atoms with E-state index >= 15 is 0 Å². The van der Waals surface area contributed by atoms with Crippen molar-refractivity contribution in [1.29, 1.82) is 0 Å². The first kappa shape index (κ1) is 15.1. The number of ether oxygens (including phenoxy) is 1. The van der Waals surface area contributed by atoms with E-state index in [2.05, 4.69) is 4.99 Å². The van der Waals surface area contributed by atoms with Crippen molar-refractivity contribution in [3.63, 3.8) is 0 Å². The van der Waals surface area contributed by atoms with E-state index in [0.717, 1.165) is 19.3 Å². The number of hydrogen-bond acceptors (Lipinski definition) is 5. The molecule has 1 fully saturated rings. The Bertz CT molecular complexity index is 411. The maximum Gasteiger partial charge on any atom is 0.335 e. The van der Waals surface area contributed by atoms with Crippen molar-refractivity contribution in [1.82, 2.24) is 4.90 Å². The zero-order valence-electron chi connectivity index (χ0n) is 11.1.